The molecule has 1 atom stereocenters. The van der Waals surface area contributed by atoms with E-state index in [0.29, 0.717) is 11.1 Å². The molecule has 3 aromatic carbocycles. The van der Waals surface area contributed by atoms with E-state index in [4.69, 9.17) is 46.4 Å². The summed E-state index contributed by atoms with van der Waals surface area (Å²) in [6.07, 6.45) is 0. The summed E-state index contributed by atoms with van der Waals surface area (Å²) in [5.41, 5.74) is 0.499. The van der Waals surface area contributed by atoms with Crippen molar-refractivity contribution in [2.45, 2.75) is 6.92 Å². The molecule has 0 fully saturated rings. The van der Waals surface area contributed by atoms with Gasteiger partial charge < -0.3 is 4.57 Å². The fraction of sp³-hybridized carbons (Fsp3) is 0.0476. The molecule has 0 amide bonds. The van der Waals surface area contributed by atoms with Crippen molar-refractivity contribution < 1.29 is 14.2 Å². The molecule has 0 radical (unpaired) electrons. The highest BCUT2D eigenvalue weighted by Crippen LogP contribution is 2.40. The van der Waals surface area contributed by atoms with Gasteiger partial charge in [0.2, 0.25) is 5.52 Å². The topological polar surface area (TPSA) is 51.2 Å². The zero-order valence-electron chi connectivity index (χ0n) is 14.9. The van der Waals surface area contributed by atoms with Crippen molar-refractivity contribution in [1.82, 2.24) is 0 Å². The molecule has 0 aliphatic carbocycles. The average Bonchev–Trinajstić information content (AvgIpc) is 2.70. The summed E-state index contributed by atoms with van der Waals surface area (Å²) in [5.74, 6) is -0.390. The van der Waals surface area contributed by atoms with Crippen molar-refractivity contribution in [2.75, 3.05) is 0 Å². The molecule has 0 aromatic heterocycles. The number of rotatable bonds is 5. The third kappa shape index (κ3) is 4.30. The molecule has 3 rings (SSSR count). The van der Waals surface area contributed by atoms with Crippen molar-refractivity contribution in [3.8, 4) is 0 Å². The minimum absolute atomic E-state index is 0.0628. The summed E-state index contributed by atoms with van der Waals surface area (Å²) >= 11 is 25.0. The number of hydrogen-bond acceptors (Lipinski definition) is 3. The molecule has 0 bridgehead atoms. The van der Waals surface area contributed by atoms with Crippen LogP contribution >= 0.6 is 54.2 Å². The lowest BCUT2D eigenvalue weighted by atomic mass is 10.0. The maximum Gasteiger partial charge on any atom is 0.224 e. The number of aryl methyl sites for hydroxylation is 1. The van der Waals surface area contributed by atoms with Gasteiger partial charge in [-0.3, -0.25) is 9.59 Å². The minimum Gasteiger partial charge on any atom is -0.313 e. The molecule has 0 saturated heterocycles. The van der Waals surface area contributed by atoms with E-state index in [0.717, 1.165) is 0 Å². The Morgan fingerprint density at radius 1 is 0.828 bits per heavy atom. The summed E-state index contributed by atoms with van der Waals surface area (Å²) in [6, 6.07) is 14.6. The Hall–Kier alpha value is -1.61. The third-order valence-electron chi connectivity index (χ3n) is 4.32. The average molecular weight is 486 g/mol. The van der Waals surface area contributed by atoms with Gasteiger partial charge in [0.25, 0.3) is 0 Å². The Morgan fingerprint density at radius 3 is 2.10 bits per heavy atom. The van der Waals surface area contributed by atoms with Crippen LogP contribution in [-0.2, 0) is 4.57 Å². The first-order valence-corrected chi connectivity index (χ1v) is 11.3. The molecule has 0 spiro atoms. The fourth-order valence-electron chi connectivity index (χ4n) is 2.86. The SMILES string of the molecule is Cc1cccc(Cl)c1C(=O)[PH](=O)c1c(Cl)cc(C(=O)c2ccccc2)c(Cl)c1Cl. The molecule has 29 heavy (non-hydrogen) atoms. The van der Waals surface area contributed by atoms with Crippen LogP contribution in [0.1, 0.15) is 31.8 Å². The maximum absolute atomic E-state index is 13.1. The normalized spacial score (nSPS) is 11.9. The second kappa shape index (κ2) is 9.04. The maximum atomic E-state index is 13.1. The van der Waals surface area contributed by atoms with E-state index >= 15 is 0 Å². The number of ketones is 1. The van der Waals surface area contributed by atoms with Crippen LogP contribution < -0.4 is 5.30 Å². The van der Waals surface area contributed by atoms with E-state index in [1.165, 1.54) is 12.1 Å². The molecular formula is C21H13Cl4O3P. The van der Waals surface area contributed by atoms with Crippen LogP contribution in [0.15, 0.2) is 54.6 Å². The highest BCUT2D eigenvalue weighted by atomic mass is 35.5. The van der Waals surface area contributed by atoms with E-state index in [1.807, 2.05) is 0 Å². The Labute approximate surface area is 188 Å². The molecule has 148 valence electrons. The summed E-state index contributed by atoms with van der Waals surface area (Å²) in [7, 11) is -3.16. The Bertz CT molecular complexity index is 1140. The van der Waals surface area contributed by atoms with Crippen LogP contribution in [0.5, 0.6) is 0 Å². The van der Waals surface area contributed by atoms with Gasteiger partial charge in [-0.15, -0.1) is 0 Å². The fourth-order valence-corrected chi connectivity index (χ4v) is 5.93. The number of carbonyl (C=O) groups excluding carboxylic acids is 2. The second-order valence-electron chi connectivity index (χ2n) is 6.19. The quantitative estimate of drug-likeness (QED) is 0.225. The minimum atomic E-state index is -3.16. The Kier molecular flexibility index (Phi) is 6.88. The molecule has 0 heterocycles. The molecule has 3 aromatic rings. The standard InChI is InChI=1S/C21H13Cl4O3P/c1-11-6-5-9-14(22)16(11)21(27)29(28)20-15(23)10-13(17(24)18(20)25)19(26)12-7-3-2-4-8-12/h2-10,29H,1H3. The Balaban J connectivity index is 2.08. The van der Waals surface area contributed by atoms with Crippen LogP contribution in [0.4, 0.5) is 0 Å². The third-order valence-corrected chi connectivity index (χ3v) is 7.75. The number of benzene rings is 3. The first-order chi connectivity index (χ1) is 13.7. The number of halogens is 4. The van der Waals surface area contributed by atoms with Gasteiger partial charge in [0.15, 0.2) is 13.6 Å². The molecule has 0 aliphatic rings. The van der Waals surface area contributed by atoms with Gasteiger partial charge in [0.05, 0.1) is 25.4 Å². The molecule has 0 aliphatic heterocycles. The van der Waals surface area contributed by atoms with Gasteiger partial charge in [-0.2, -0.15) is 0 Å². The van der Waals surface area contributed by atoms with Crippen LogP contribution in [0.25, 0.3) is 0 Å². The number of hydrogen-bond donors (Lipinski definition) is 0. The highest BCUT2D eigenvalue weighted by Gasteiger charge is 2.28. The van der Waals surface area contributed by atoms with Gasteiger partial charge in [-0.25, -0.2) is 0 Å². The first kappa shape index (κ1) is 22.1. The molecular weight excluding hydrogens is 473 g/mol. The largest absolute Gasteiger partial charge is 0.313 e. The molecule has 8 heteroatoms. The highest BCUT2D eigenvalue weighted by molar-refractivity contribution is 7.72. The van der Waals surface area contributed by atoms with Gasteiger partial charge in [-0.05, 0) is 24.6 Å². The van der Waals surface area contributed by atoms with E-state index in [9.17, 15) is 14.2 Å². The van der Waals surface area contributed by atoms with Crippen molar-refractivity contribution in [3.63, 3.8) is 0 Å². The first-order valence-electron chi connectivity index (χ1n) is 8.35. The van der Waals surface area contributed by atoms with Crippen molar-refractivity contribution in [3.05, 3.63) is 96.9 Å². The van der Waals surface area contributed by atoms with E-state index in [-0.39, 0.29) is 42.3 Å². The van der Waals surface area contributed by atoms with Gasteiger partial charge in [0, 0.05) is 16.7 Å². The van der Waals surface area contributed by atoms with Crippen molar-refractivity contribution >= 4 is 70.8 Å². The van der Waals surface area contributed by atoms with E-state index in [1.54, 1.807) is 49.4 Å². The zero-order chi connectivity index (χ0) is 21.3. The smallest absolute Gasteiger partial charge is 0.224 e. The lowest BCUT2D eigenvalue weighted by Crippen LogP contribution is -2.12. The van der Waals surface area contributed by atoms with E-state index < -0.39 is 13.3 Å². The van der Waals surface area contributed by atoms with Crippen LogP contribution in [0, 0.1) is 6.92 Å². The molecule has 3 nitrogen and oxygen atoms in total. The summed E-state index contributed by atoms with van der Waals surface area (Å²) < 4.78 is 13.1. The summed E-state index contributed by atoms with van der Waals surface area (Å²) in [5, 5.41) is -0.261. The molecule has 0 N–H and O–H groups in total. The van der Waals surface area contributed by atoms with Crippen molar-refractivity contribution in [1.29, 1.82) is 0 Å². The molecule has 1 unspecified atom stereocenters. The monoisotopic (exact) mass is 484 g/mol. The van der Waals surface area contributed by atoms with E-state index in [2.05, 4.69) is 0 Å². The van der Waals surface area contributed by atoms with Crippen molar-refractivity contribution in [2.24, 2.45) is 0 Å². The lowest BCUT2D eigenvalue weighted by Gasteiger charge is -2.13. The van der Waals surface area contributed by atoms with Gasteiger partial charge in [0.1, 0.15) is 0 Å². The summed E-state index contributed by atoms with van der Waals surface area (Å²) in [6.45, 7) is 1.69. The lowest BCUT2D eigenvalue weighted by molar-refractivity contribution is 0.103. The zero-order valence-corrected chi connectivity index (χ0v) is 19.0. The Morgan fingerprint density at radius 2 is 1.48 bits per heavy atom. The second-order valence-corrected chi connectivity index (χ2v) is 9.38. The van der Waals surface area contributed by atoms with Crippen LogP contribution in [-0.4, -0.2) is 11.3 Å². The predicted molar refractivity (Wildman–Crippen MR) is 121 cm³/mol. The van der Waals surface area contributed by atoms with Gasteiger partial charge in [-0.1, -0.05) is 88.9 Å². The van der Waals surface area contributed by atoms with Gasteiger partial charge >= 0.3 is 0 Å². The van der Waals surface area contributed by atoms with Crippen LogP contribution in [0.3, 0.4) is 0 Å². The molecule has 0 saturated carbocycles. The number of carbonyl (C=O) groups is 2. The predicted octanol–water partition coefficient (Wildman–Crippen LogP) is 6.87. The summed E-state index contributed by atoms with van der Waals surface area (Å²) in [4.78, 5) is 25.6. The van der Waals surface area contributed by atoms with Crippen LogP contribution in [0.2, 0.25) is 20.1 Å².